The third-order valence-corrected chi connectivity index (χ3v) is 2.26. The summed E-state index contributed by atoms with van der Waals surface area (Å²) in [7, 11) is 0. The van der Waals surface area contributed by atoms with Gasteiger partial charge in [0, 0.05) is 11.1 Å². The fraction of sp³-hybridized carbons (Fsp3) is 0.100. The van der Waals surface area contributed by atoms with Gasteiger partial charge in [-0.2, -0.15) is 0 Å². The van der Waals surface area contributed by atoms with Crippen LogP contribution in [0.3, 0.4) is 0 Å². The molecule has 5 N–H and O–H groups in total. The maximum absolute atomic E-state index is 10.7. The van der Waals surface area contributed by atoms with Gasteiger partial charge in [0.1, 0.15) is 11.8 Å². The van der Waals surface area contributed by atoms with Crippen LogP contribution in [-0.2, 0) is 4.79 Å². The molecule has 0 amide bonds. The molecule has 0 aliphatic rings. The second-order valence-corrected chi connectivity index (χ2v) is 3.28. The van der Waals surface area contributed by atoms with Crippen molar-refractivity contribution in [2.24, 2.45) is 5.73 Å². The Morgan fingerprint density at radius 1 is 1.47 bits per heavy atom. The van der Waals surface area contributed by atoms with Gasteiger partial charge < -0.3 is 20.9 Å². The Morgan fingerprint density at radius 2 is 2.20 bits per heavy atom. The van der Waals surface area contributed by atoms with Crippen LogP contribution >= 0.6 is 0 Å². The van der Waals surface area contributed by atoms with E-state index in [1.807, 2.05) is 0 Å². The molecule has 5 heteroatoms. The number of rotatable bonds is 2. The van der Waals surface area contributed by atoms with Crippen molar-refractivity contribution >= 4 is 16.9 Å². The number of aromatic hydroxyl groups is 1. The molecule has 0 aliphatic carbocycles. The first-order valence-electron chi connectivity index (χ1n) is 4.38. The number of phenolic OH excluding ortho intramolecular Hbond substituents is 1. The second-order valence-electron chi connectivity index (χ2n) is 3.28. The molecule has 2 aromatic rings. The van der Waals surface area contributed by atoms with E-state index in [1.54, 1.807) is 18.2 Å². The van der Waals surface area contributed by atoms with E-state index < -0.39 is 12.0 Å². The summed E-state index contributed by atoms with van der Waals surface area (Å²) in [6.07, 6.45) is 0. The van der Waals surface area contributed by atoms with Crippen molar-refractivity contribution < 1.29 is 15.0 Å². The first kappa shape index (κ1) is 9.54. The van der Waals surface area contributed by atoms with E-state index in [2.05, 4.69) is 4.98 Å². The van der Waals surface area contributed by atoms with E-state index in [0.717, 1.165) is 5.39 Å². The molecule has 0 fully saturated rings. The van der Waals surface area contributed by atoms with Crippen molar-refractivity contribution in [1.82, 2.24) is 4.98 Å². The number of carbonyl (C=O) groups is 1. The molecule has 0 bridgehead atoms. The van der Waals surface area contributed by atoms with Crippen LogP contribution in [0.15, 0.2) is 24.3 Å². The highest BCUT2D eigenvalue weighted by Crippen LogP contribution is 2.26. The molecule has 0 aliphatic heterocycles. The lowest BCUT2D eigenvalue weighted by Crippen LogP contribution is -2.20. The third-order valence-electron chi connectivity index (χ3n) is 2.26. The van der Waals surface area contributed by atoms with Crippen molar-refractivity contribution in [2.45, 2.75) is 6.04 Å². The first-order valence-corrected chi connectivity index (χ1v) is 4.38. The van der Waals surface area contributed by atoms with E-state index >= 15 is 0 Å². The Labute approximate surface area is 85.1 Å². The molecule has 5 nitrogen and oxygen atoms in total. The number of nitrogens with one attached hydrogen (secondary N) is 1. The molecular weight excluding hydrogens is 196 g/mol. The molecule has 1 aromatic heterocycles. The van der Waals surface area contributed by atoms with Crippen molar-refractivity contribution in [3.63, 3.8) is 0 Å². The largest absolute Gasteiger partial charge is 0.506 e. The Morgan fingerprint density at radius 3 is 2.80 bits per heavy atom. The van der Waals surface area contributed by atoms with Crippen LogP contribution < -0.4 is 5.73 Å². The van der Waals surface area contributed by atoms with E-state index in [4.69, 9.17) is 10.8 Å². The molecule has 1 heterocycles. The molecule has 1 unspecified atom stereocenters. The van der Waals surface area contributed by atoms with Gasteiger partial charge in [-0.05, 0) is 12.1 Å². The molecule has 2 rings (SSSR count). The highest BCUT2D eigenvalue weighted by Gasteiger charge is 2.17. The van der Waals surface area contributed by atoms with Crippen LogP contribution in [0, 0.1) is 0 Å². The second kappa shape index (κ2) is 3.29. The molecule has 0 radical (unpaired) electrons. The molecule has 78 valence electrons. The van der Waals surface area contributed by atoms with Crippen LogP contribution in [0.1, 0.15) is 11.7 Å². The van der Waals surface area contributed by atoms with E-state index in [9.17, 15) is 9.90 Å². The summed E-state index contributed by atoms with van der Waals surface area (Å²) in [5, 5.41) is 18.9. The minimum Gasteiger partial charge on any atom is -0.506 e. The summed E-state index contributed by atoms with van der Waals surface area (Å²) in [6.45, 7) is 0. The number of hydrogen-bond acceptors (Lipinski definition) is 3. The van der Waals surface area contributed by atoms with Gasteiger partial charge in [-0.3, -0.25) is 4.79 Å². The van der Waals surface area contributed by atoms with Gasteiger partial charge in [0.15, 0.2) is 0 Å². The normalized spacial score (nSPS) is 12.9. The summed E-state index contributed by atoms with van der Waals surface area (Å²) in [4.78, 5) is 13.4. The molecule has 0 saturated heterocycles. The number of para-hydroxylation sites is 1. The smallest absolute Gasteiger partial charge is 0.326 e. The SMILES string of the molecule is NC(C(=O)O)c1cc2cccc(O)c2[nH]1. The number of aliphatic carboxylic acids is 1. The van der Waals surface area contributed by atoms with Gasteiger partial charge in [0.05, 0.1) is 5.52 Å². The van der Waals surface area contributed by atoms with Crippen LogP contribution in [0.4, 0.5) is 0 Å². The van der Waals surface area contributed by atoms with E-state index in [0.29, 0.717) is 11.2 Å². The highest BCUT2D eigenvalue weighted by atomic mass is 16.4. The lowest BCUT2D eigenvalue weighted by atomic mass is 10.2. The lowest BCUT2D eigenvalue weighted by molar-refractivity contribution is -0.138. The van der Waals surface area contributed by atoms with Crippen molar-refractivity contribution in [3.8, 4) is 5.75 Å². The molecule has 0 spiro atoms. The van der Waals surface area contributed by atoms with Crippen molar-refractivity contribution in [3.05, 3.63) is 30.0 Å². The summed E-state index contributed by atoms with van der Waals surface area (Å²) >= 11 is 0. The Hall–Kier alpha value is -2.01. The Bertz CT molecular complexity index is 518. The number of phenols is 1. The standard InChI is InChI=1S/C10H10N2O3/c11-8(10(14)15)6-4-5-2-1-3-7(13)9(5)12-6/h1-4,8,12-13H,11H2,(H,14,15). The first-order chi connectivity index (χ1) is 7.09. The van der Waals surface area contributed by atoms with Crippen LogP contribution in [-0.4, -0.2) is 21.2 Å². The van der Waals surface area contributed by atoms with Crippen molar-refractivity contribution in [1.29, 1.82) is 0 Å². The van der Waals surface area contributed by atoms with Crippen LogP contribution in [0.5, 0.6) is 5.75 Å². The summed E-state index contributed by atoms with van der Waals surface area (Å²) in [5.41, 5.74) is 6.32. The highest BCUT2D eigenvalue weighted by molar-refractivity contribution is 5.87. The van der Waals surface area contributed by atoms with Gasteiger partial charge in [-0.1, -0.05) is 12.1 Å². The van der Waals surface area contributed by atoms with Gasteiger partial charge >= 0.3 is 5.97 Å². The maximum Gasteiger partial charge on any atom is 0.326 e. The number of benzene rings is 1. The number of carboxylic acids is 1. The average molecular weight is 206 g/mol. The molecule has 0 saturated carbocycles. The fourth-order valence-electron chi connectivity index (χ4n) is 1.46. The quantitative estimate of drug-likeness (QED) is 0.588. The minimum atomic E-state index is -1.11. The third kappa shape index (κ3) is 1.53. The number of aromatic nitrogens is 1. The average Bonchev–Trinajstić information content (AvgIpc) is 2.61. The zero-order chi connectivity index (χ0) is 11.0. The topological polar surface area (TPSA) is 99.3 Å². The van der Waals surface area contributed by atoms with E-state index in [-0.39, 0.29) is 5.75 Å². The zero-order valence-corrected chi connectivity index (χ0v) is 7.77. The van der Waals surface area contributed by atoms with Gasteiger partial charge in [-0.25, -0.2) is 0 Å². The predicted octanol–water partition coefficient (Wildman–Crippen LogP) is 0.958. The molecule has 1 atom stereocenters. The fourth-order valence-corrected chi connectivity index (χ4v) is 1.46. The number of H-pyrrole nitrogens is 1. The molecule has 15 heavy (non-hydrogen) atoms. The van der Waals surface area contributed by atoms with Crippen molar-refractivity contribution in [2.75, 3.05) is 0 Å². The monoisotopic (exact) mass is 206 g/mol. The van der Waals surface area contributed by atoms with Crippen LogP contribution in [0.25, 0.3) is 10.9 Å². The zero-order valence-electron chi connectivity index (χ0n) is 7.77. The number of carboxylic acid groups (broad SMARTS) is 1. The van der Waals surface area contributed by atoms with Gasteiger partial charge in [-0.15, -0.1) is 0 Å². The lowest BCUT2D eigenvalue weighted by Gasteiger charge is -2.01. The number of aromatic amines is 1. The van der Waals surface area contributed by atoms with Gasteiger partial charge in [0.2, 0.25) is 0 Å². The maximum atomic E-state index is 10.7. The predicted molar refractivity (Wildman–Crippen MR) is 54.5 cm³/mol. The van der Waals surface area contributed by atoms with Crippen LogP contribution in [0.2, 0.25) is 0 Å². The minimum absolute atomic E-state index is 0.0799. The molecule has 1 aromatic carbocycles. The summed E-state index contributed by atoms with van der Waals surface area (Å²) in [5.74, 6) is -1.03. The van der Waals surface area contributed by atoms with Gasteiger partial charge in [0.25, 0.3) is 0 Å². The number of nitrogens with two attached hydrogens (primary N) is 1. The Kier molecular flexibility index (Phi) is 2.09. The summed E-state index contributed by atoms with van der Waals surface area (Å²) in [6, 6.07) is 5.49. The molecular formula is C10H10N2O3. The Balaban J connectivity index is 2.56. The number of fused-ring (bicyclic) bond motifs is 1. The summed E-state index contributed by atoms with van der Waals surface area (Å²) < 4.78 is 0. The number of hydrogen-bond donors (Lipinski definition) is 4. The van der Waals surface area contributed by atoms with E-state index in [1.165, 1.54) is 6.07 Å².